The standard InChI is InChI=1S/C22H22FN5O3/c23-15-8-4-1-5-13(15)9-10-16-18(29)19(30)22(31-16)28-12-26-17-20(24-11-25-21(17)28)27-14-6-2-3-7-14/h1,4-5,8,11-12,14,16,18-19,22,29-30H,2-3,6-7H2,(H,24,25,27)/t16-,18-,19-,22-/m1/s1. The summed E-state index contributed by atoms with van der Waals surface area (Å²) >= 11 is 0. The molecule has 1 aliphatic heterocycles. The van der Waals surface area contributed by atoms with Crippen LogP contribution in [-0.2, 0) is 4.74 Å². The van der Waals surface area contributed by atoms with Crippen molar-refractivity contribution in [1.29, 1.82) is 0 Å². The molecule has 9 heteroatoms. The van der Waals surface area contributed by atoms with E-state index in [9.17, 15) is 14.6 Å². The second kappa shape index (κ2) is 8.23. The number of hydrogen-bond donors (Lipinski definition) is 3. The van der Waals surface area contributed by atoms with Gasteiger partial charge >= 0.3 is 0 Å². The molecule has 3 N–H and O–H groups in total. The number of ether oxygens (including phenoxy) is 1. The van der Waals surface area contributed by atoms with Gasteiger partial charge in [-0.2, -0.15) is 0 Å². The highest BCUT2D eigenvalue weighted by molar-refractivity contribution is 5.82. The van der Waals surface area contributed by atoms with Crippen LogP contribution in [0.1, 0.15) is 37.5 Å². The summed E-state index contributed by atoms with van der Waals surface area (Å²) in [6.07, 6.45) is 3.06. The molecule has 0 spiro atoms. The number of nitrogens with one attached hydrogen (secondary N) is 1. The van der Waals surface area contributed by atoms with Gasteiger partial charge in [0.25, 0.3) is 0 Å². The van der Waals surface area contributed by atoms with Gasteiger partial charge in [-0.3, -0.25) is 4.57 Å². The molecule has 1 aliphatic carbocycles. The summed E-state index contributed by atoms with van der Waals surface area (Å²) in [5.74, 6) is 5.57. The van der Waals surface area contributed by atoms with E-state index in [1.54, 1.807) is 16.7 Å². The van der Waals surface area contributed by atoms with Gasteiger partial charge in [0.2, 0.25) is 0 Å². The molecule has 0 unspecified atom stereocenters. The van der Waals surface area contributed by atoms with Gasteiger partial charge in [0.05, 0.1) is 11.9 Å². The molecule has 3 aromatic rings. The van der Waals surface area contributed by atoms with E-state index < -0.39 is 30.4 Å². The first-order valence-electron chi connectivity index (χ1n) is 10.3. The Labute approximate surface area is 178 Å². The second-order valence-corrected chi connectivity index (χ2v) is 7.85. The maximum atomic E-state index is 13.8. The van der Waals surface area contributed by atoms with Crippen LogP contribution in [0.4, 0.5) is 10.2 Å². The number of benzene rings is 1. The molecule has 8 nitrogen and oxygen atoms in total. The van der Waals surface area contributed by atoms with Gasteiger partial charge in [-0.25, -0.2) is 19.3 Å². The van der Waals surface area contributed by atoms with Crippen molar-refractivity contribution in [2.45, 2.75) is 56.3 Å². The summed E-state index contributed by atoms with van der Waals surface area (Å²) in [6, 6.07) is 6.45. The fraction of sp³-hybridized carbons (Fsp3) is 0.409. The zero-order valence-corrected chi connectivity index (χ0v) is 16.6. The zero-order valence-electron chi connectivity index (χ0n) is 16.6. The average Bonchev–Trinajstić information content (AvgIpc) is 3.50. The molecule has 0 radical (unpaired) electrons. The van der Waals surface area contributed by atoms with E-state index in [-0.39, 0.29) is 5.56 Å². The minimum absolute atomic E-state index is 0.194. The van der Waals surface area contributed by atoms with Gasteiger partial charge in [0, 0.05) is 6.04 Å². The molecule has 1 saturated heterocycles. The minimum atomic E-state index is -1.26. The lowest BCUT2D eigenvalue weighted by atomic mass is 10.1. The van der Waals surface area contributed by atoms with E-state index in [1.165, 1.54) is 37.6 Å². The Hall–Kier alpha value is -3.06. The summed E-state index contributed by atoms with van der Waals surface area (Å²) in [7, 11) is 0. The molecule has 160 valence electrons. The monoisotopic (exact) mass is 423 g/mol. The lowest BCUT2D eigenvalue weighted by Crippen LogP contribution is -2.31. The number of aliphatic hydroxyl groups excluding tert-OH is 2. The molecular weight excluding hydrogens is 401 g/mol. The molecule has 31 heavy (non-hydrogen) atoms. The van der Waals surface area contributed by atoms with Crippen LogP contribution in [0.25, 0.3) is 11.2 Å². The van der Waals surface area contributed by atoms with Crippen molar-refractivity contribution in [1.82, 2.24) is 19.5 Å². The molecule has 1 aromatic carbocycles. The predicted octanol–water partition coefficient (Wildman–Crippen LogP) is 1.99. The number of fused-ring (bicyclic) bond motifs is 1. The Morgan fingerprint density at radius 1 is 1.10 bits per heavy atom. The minimum Gasteiger partial charge on any atom is -0.386 e. The van der Waals surface area contributed by atoms with Crippen molar-refractivity contribution in [2.75, 3.05) is 5.32 Å². The van der Waals surface area contributed by atoms with Crippen molar-refractivity contribution in [3.8, 4) is 11.8 Å². The van der Waals surface area contributed by atoms with Gasteiger partial charge < -0.3 is 20.3 Å². The average molecular weight is 423 g/mol. The van der Waals surface area contributed by atoms with Crippen molar-refractivity contribution in [3.05, 3.63) is 48.3 Å². The maximum absolute atomic E-state index is 13.8. The van der Waals surface area contributed by atoms with Crippen LogP contribution < -0.4 is 5.32 Å². The third kappa shape index (κ3) is 3.74. The Kier molecular flexibility index (Phi) is 5.28. The zero-order chi connectivity index (χ0) is 21.4. The predicted molar refractivity (Wildman–Crippen MR) is 110 cm³/mol. The first-order valence-corrected chi connectivity index (χ1v) is 10.3. The Morgan fingerprint density at radius 2 is 1.90 bits per heavy atom. The lowest BCUT2D eigenvalue weighted by Gasteiger charge is -2.16. The van der Waals surface area contributed by atoms with Crippen LogP contribution in [-0.4, -0.2) is 54.1 Å². The number of aromatic nitrogens is 4. The van der Waals surface area contributed by atoms with Gasteiger partial charge in [0.1, 0.15) is 30.5 Å². The number of rotatable bonds is 3. The van der Waals surface area contributed by atoms with Crippen molar-refractivity contribution in [2.24, 2.45) is 0 Å². The van der Waals surface area contributed by atoms with E-state index in [0.29, 0.717) is 23.0 Å². The number of halogens is 1. The Morgan fingerprint density at radius 3 is 2.71 bits per heavy atom. The van der Waals surface area contributed by atoms with E-state index in [1.807, 2.05) is 0 Å². The third-order valence-corrected chi connectivity index (χ3v) is 5.79. The molecule has 0 bridgehead atoms. The third-order valence-electron chi connectivity index (χ3n) is 5.79. The molecule has 2 aromatic heterocycles. The number of nitrogens with zero attached hydrogens (tertiary/aromatic N) is 4. The lowest BCUT2D eigenvalue weighted by molar-refractivity contribution is -0.0230. The largest absolute Gasteiger partial charge is 0.386 e. The number of aliphatic hydroxyl groups is 2. The van der Waals surface area contributed by atoms with Crippen LogP contribution in [0.2, 0.25) is 0 Å². The van der Waals surface area contributed by atoms with E-state index in [4.69, 9.17) is 4.74 Å². The Bertz CT molecular complexity index is 1150. The normalized spacial score (nSPS) is 26.2. The van der Waals surface area contributed by atoms with E-state index in [0.717, 1.165) is 12.8 Å². The van der Waals surface area contributed by atoms with Crippen LogP contribution in [0, 0.1) is 17.7 Å². The topological polar surface area (TPSA) is 105 Å². The van der Waals surface area contributed by atoms with Crippen LogP contribution in [0.5, 0.6) is 0 Å². The summed E-state index contributed by atoms with van der Waals surface area (Å²) in [5, 5.41) is 24.4. The van der Waals surface area contributed by atoms with Crippen LogP contribution in [0.15, 0.2) is 36.9 Å². The second-order valence-electron chi connectivity index (χ2n) is 7.85. The summed E-state index contributed by atoms with van der Waals surface area (Å²) in [6.45, 7) is 0. The SMILES string of the molecule is O[C@@H]1[C@H](O)[C@@H](C#Cc2ccccc2F)O[C@H]1n1cnc2c(NC3CCCC3)ncnc21. The van der Waals surface area contributed by atoms with Crippen LogP contribution >= 0.6 is 0 Å². The first kappa shape index (κ1) is 19.9. The molecule has 4 atom stereocenters. The molecule has 3 heterocycles. The number of imidazole rings is 1. The fourth-order valence-corrected chi connectivity index (χ4v) is 4.13. The van der Waals surface area contributed by atoms with Crippen molar-refractivity contribution in [3.63, 3.8) is 0 Å². The Balaban J connectivity index is 1.41. The summed E-state index contributed by atoms with van der Waals surface area (Å²) in [4.78, 5) is 13.0. The molecule has 2 fully saturated rings. The van der Waals surface area contributed by atoms with Gasteiger partial charge in [-0.1, -0.05) is 36.8 Å². The summed E-state index contributed by atoms with van der Waals surface area (Å²) in [5.41, 5.74) is 1.25. The molecule has 1 saturated carbocycles. The molecule has 2 aliphatic rings. The van der Waals surface area contributed by atoms with E-state index in [2.05, 4.69) is 32.1 Å². The van der Waals surface area contributed by atoms with Crippen molar-refractivity contribution >= 4 is 17.0 Å². The van der Waals surface area contributed by atoms with Gasteiger partial charge in [0.15, 0.2) is 23.2 Å². The highest BCUT2D eigenvalue weighted by atomic mass is 19.1. The maximum Gasteiger partial charge on any atom is 0.167 e. The summed E-state index contributed by atoms with van der Waals surface area (Å²) < 4.78 is 21.2. The highest BCUT2D eigenvalue weighted by Crippen LogP contribution is 2.32. The van der Waals surface area contributed by atoms with Crippen LogP contribution in [0.3, 0.4) is 0 Å². The molecule has 0 amide bonds. The number of anilines is 1. The number of hydrogen-bond acceptors (Lipinski definition) is 7. The van der Waals surface area contributed by atoms with Gasteiger partial charge in [-0.05, 0) is 25.0 Å². The molecule has 5 rings (SSSR count). The quantitative estimate of drug-likeness (QED) is 0.554. The first-order chi connectivity index (χ1) is 15.1. The highest BCUT2D eigenvalue weighted by Gasteiger charge is 2.43. The van der Waals surface area contributed by atoms with Gasteiger partial charge in [-0.15, -0.1) is 0 Å². The van der Waals surface area contributed by atoms with E-state index >= 15 is 0 Å². The molecular formula is C22H22FN5O3. The van der Waals surface area contributed by atoms with Crippen molar-refractivity contribution < 1.29 is 19.3 Å². The fourth-order valence-electron chi connectivity index (χ4n) is 4.13. The smallest absolute Gasteiger partial charge is 0.167 e.